The molecule has 0 radical (unpaired) electrons. The van der Waals surface area contributed by atoms with Crippen molar-refractivity contribution in [2.75, 3.05) is 18.4 Å². The number of pyridine rings is 1. The Balaban J connectivity index is 1.77. The lowest BCUT2D eigenvalue weighted by atomic mass is 10.2. The van der Waals surface area contributed by atoms with Crippen LogP contribution in [0.15, 0.2) is 42.5 Å². The molecule has 1 saturated heterocycles. The zero-order valence-corrected chi connectivity index (χ0v) is 12.5. The zero-order valence-electron chi connectivity index (χ0n) is 12.5. The second-order valence-electron chi connectivity index (χ2n) is 5.34. The van der Waals surface area contributed by atoms with Gasteiger partial charge in [0.2, 0.25) is 0 Å². The standard InChI is InChI=1S/C17H16FN3O2/c18-12-6-1-2-7-13(12)20-16(22)14-8-5-9-15(19-14)17(23)21-10-3-4-11-21/h1-2,5-9H,3-4,10-11H2,(H,20,22). The van der Waals surface area contributed by atoms with Gasteiger partial charge in [0.15, 0.2) is 0 Å². The summed E-state index contributed by atoms with van der Waals surface area (Å²) in [7, 11) is 0. The van der Waals surface area contributed by atoms with Crippen LogP contribution in [0.5, 0.6) is 0 Å². The fourth-order valence-electron chi connectivity index (χ4n) is 2.51. The van der Waals surface area contributed by atoms with Gasteiger partial charge in [-0.15, -0.1) is 0 Å². The summed E-state index contributed by atoms with van der Waals surface area (Å²) in [5.41, 5.74) is 0.391. The number of amides is 2. The number of halogens is 1. The molecule has 2 amide bonds. The lowest BCUT2D eigenvalue weighted by Gasteiger charge is -2.14. The quantitative estimate of drug-likeness (QED) is 0.947. The van der Waals surface area contributed by atoms with Gasteiger partial charge in [0.25, 0.3) is 11.8 Å². The number of likely N-dealkylation sites (tertiary alicyclic amines) is 1. The average Bonchev–Trinajstić information content (AvgIpc) is 3.11. The van der Waals surface area contributed by atoms with Gasteiger partial charge in [-0.1, -0.05) is 18.2 Å². The van der Waals surface area contributed by atoms with Crippen molar-refractivity contribution >= 4 is 17.5 Å². The van der Waals surface area contributed by atoms with Crippen molar-refractivity contribution in [2.45, 2.75) is 12.8 Å². The minimum Gasteiger partial charge on any atom is -0.337 e. The Bertz CT molecular complexity index is 742. The summed E-state index contributed by atoms with van der Waals surface area (Å²) >= 11 is 0. The van der Waals surface area contributed by atoms with Crippen LogP contribution in [0.4, 0.5) is 10.1 Å². The topological polar surface area (TPSA) is 62.3 Å². The van der Waals surface area contributed by atoms with E-state index in [9.17, 15) is 14.0 Å². The fraction of sp³-hybridized carbons (Fsp3) is 0.235. The molecule has 1 aromatic carbocycles. The monoisotopic (exact) mass is 313 g/mol. The maximum absolute atomic E-state index is 13.6. The number of anilines is 1. The molecule has 2 aromatic rings. The average molecular weight is 313 g/mol. The molecular formula is C17H16FN3O2. The third kappa shape index (κ3) is 3.36. The number of para-hydroxylation sites is 1. The van der Waals surface area contributed by atoms with Gasteiger partial charge < -0.3 is 10.2 Å². The van der Waals surface area contributed by atoms with Crippen molar-refractivity contribution in [2.24, 2.45) is 0 Å². The largest absolute Gasteiger partial charge is 0.337 e. The van der Waals surface area contributed by atoms with Gasteiger partial charge in [0.05, 0.1) is 5.69 Å². The van der Waals surface area contributed by atoms with Crippen LogP contribution in [-0.4, -0.2) is 34.8 Å². The summed E-state index contributed by atoms with van der Waals surface area (Å²) in [5.74, 6) is -1.25. The van der Waals surface area contributed by atoms with Crippen molar-refractivity contribution in [1.29, 1.82) is 0 Å². The highest BCUT2D eigenvalue weighted by molar-refractivity contribution is 6.03. The lowest BCUT2D eigenvalue weighted by Crippen LogP contribution is -2.29. The third-order valence-electron chi connectivity index (χ3n) is 3.72. The smallest absolute Gasteiger partial charge is 0.274 e. The molecule has 0 aliphatic carbocycles. The van der Waals surface area contributed by atoms with Crippen molar-refractivity contribution in [3.63, 3.8) is 0 Å². The summed E-state index contributed by atoms with van der Waals surface area (Å²) in [6.45, 7) is 1.43. The van der Waals surface area contributed by atoms with Crippen LogP contribution >= 0.6 is 0 Å². The number of carbonyl (C=O) groups is 2. The SMILES string of the molecule is O=C(Nc1ccccc1F)c1cccc(C(=O)N2CCCC2)n1. The highest BCUT2D eigenvalue weighted by Crippen LogP contribution is 2.15. The number of hydrogen-bond donors (Lipinski definition) is 1. The molecule has 2 heterocycles. The minimum atomic E-state index is -0.550. The first kappa shape index (κ1) is 15.1. The van der Waals surface area contributed by atoms with Gasteiger partial charge in [0, 0.05) is 13.1 Å². The first-order valence-electron chi connectivity index (χ1n) is 7.47. The molecule has 1 N–H and O–H groups in total. The Morgan fingerprint density at radius 2 is 1.70 bits per heavy atom. The molecule has 3 rings (SSSR count). The maximum atomic E-state index is 13.6. The van der Waals surface area contributed by atoms with E-state index < -0.39 is 11.7 Å². The predicted octanol–water partition coefficient (Wildman–Crippen LogP) is 2.71. The Kier molecular flexibility index (Phi) is 4.32. The first-order valence-corrected chi connectivity index (χ1v) is 7.47. The highest BCUT2D eigenvalue weighted by atomic mass is 19.1. The van der Waals surface area contributed by atoms with E-state index in [0.29, 0.717) is 13.1 Å². The summed E-state index contributed by atoms with van der Waals surface area (Å²) in [4.78, 5) is 30.3. The molecule has 0 atom stereocenters. The molecule has 0 unspecified atom stereocenters. The second-order valence-corrected chi connectivity index (χ2v) is 5.34. The normalized spacial score (nSPS) is 13.9. The van der Waals surface area contributed by atoms with E-state index in [1.807, 2.05) is 0 Å². The van der Waals surface area contributed by atoms with E-state index in [1.165, 1.54) is 18.2 Å². The van der Waals surface area contributed by atoms with Crippen LogP contribution in [0.3, 0.4) is 0 Å². The van der Waals surface area contributed by atoms with E-state index in [2.05, 4.69) is 10.3 Å². The molecule has 23 heavy (non-hydrogen) atoms. The summed E-state index contributed by atoms with van der Waals surface area (Å²) in [5, 5.41) is 2.46. The van der Waals surface area contributed by atoms with E-state index in [1.54, 1.807) is 29.2 Å². The van der Waals surface area contributed by atoms with Crippen LogP contribution in [-0.2, 0) is 0 Å². The van der Waals surface area contributed by atoms with Crippen LogP contribution in [0.1, 0.15) is 33.8 Å². The molecule has 1 fully saturated rings. The van der Waals surface area contributed by atoms with Gasteiger partial charge >= 0.3 is 0 Å². The summed E-state index contributed by atoms with van der Waals surface area (Å²) < 4.78 is 13.6. The molecule has 0 bridgehead atoms. The Labute approximate surface area is 133 Å². The van der Waals surface area contributed by atoms with Gasteiger partial charge in [0.1, 0.15) is 17.2 Å². The van der Waals surface area contributed by atoms with Crippen LogP contribution in [0.25, 0.3) is 0 Å². The number of nitrogens with one attached hydrogen (secondary N) is 1. The van der Waals surface area contributed by atoms with Gasteiger partial charge in [-0.3, -0.25) is 9.59 Å². The summed E-state index contributed by atoms with van der Waals surface area (Å²) in [6.07, 6.45) is 1.97. The van der Waals surface area contributed by atoms with Crippen molar-refractivity contribution in [3.8, 4) is 0 Å². The molecule has 0 saturated carbocycles. The number of nitrogens with zero attached hydrogens (tertiary/aromatic N) is 2. The lowest BCUT2D eigenvalue weighted by molar-refractivity contribution is 0.0787. The van der Waals surface area contributed by atoms with E-state index in [-0.39, 0.29) is 23.0 Å². The molecule has 1 aliphatic heterocycles. The molecular weight excluding hydrogens is 297 g/mol. The van der Waals surface area contributed by atoms with Crippen LogP contribution in [0, 0.1) is 5.82 Å². The fourth-order valence-corrected chi connectivity index (χ4v) is 2.51. The second kappa shape index (κ2) is 6.56. The first-order chi connectivity index (χ1) is 11.1. The molecule has 6 heteroatoms. The number of aromatic nitrogens is 1. The molecule has 5 nitrogen and oxygen atoms in total. The number of benzene rings is 1. The third-order valence-corrected chi connectivity index (χ3v) is 3.72. The molecule has 1 aromatic heterocycles. The predicted molar refractivity (Wildman–Crippen MR) is 83.7 cm³/mol. The van der Waals surface area contributed by atoms with Gasteiger partial charge in [-0.2, -0.15) is 0 Å². The van der Waals surface area contributed by atoms with Crippen LogP contribution < -0.4 is 5.32 Å². The van der Waals surface area contributed by atoms with Gasteiger partial charge in [-0.25, -0.2) is 9.37 Å². The molecule has 0 spiro atoms. The van der Waals surface area contributed by atoms with E-state index in [4.69, 9.17) is 0 Å². The molecule has 1 aliphatic rings. The number of hydrogen-bond acceptors (Lipinski definition) is 3. The Morgan fingerprint density at radius 1 is 1.00 bits per heavy atom. The van der Waals surface area contributed by atoms with E-state index in [0.717, 1.165) is 12.8 Å². The Morgan fingerprint density at radius 3 is 2.43 bits per heavy atom. The maximum Gasteiger partial charge on any atom is 0.274 e. The number of carbonyl (C=O) groups excluding carboxylic acids is 2. The zero-order chi connectivity index (χ0) is 16.2. The van der Waals surface area contributed by atoms with Gasteiger partial charge in [-0.05, 0) is 37.1 Å². The highest BCUT2D eigenvalue weighted by Gasteiger charge is 2.21. The number of rotatable bonds is 3. The Hall–Kier alpha value is -2.76. The van der Waals surface area contributed by atoms with E-state index >= 15 is 0 Å². The minimum absolute atomic E-state index is 0.0792. The van der Waals surface area contributed by atoms with Crippen molar-refractivity contribution in [3.05, 3.63) is 59.7 Å². The van der Waals surface area contributed by atoms with Crippen molar-refractivity contribution in [1.82, 2.24) is 9.88 Å². The van der Waals surface area contributed by atoms with Crippen molar-refractivity contribution < 1.29 is 14.0 Å². The van der Waals surface area contributed by atoms with Crippen LogP contribution in [0.2, 0.25) is 0 Å². The molecule has 118 valence electrons. The summed E-state index contributed by atoms with van der Waals surface area (Å²) in [6, 6.07) is 10.6.